The van der Waals surface area contributed by atoms with E-state index in [1.807, 2.05) is 19.0 Å². The van der Waals surface area contributed by atoms with Gasteiger partial charge in [-0.1, -0.05) is 6.07 Å². The second-order valence-electron chi connectivity index (χ2n) is 6.35. The molecule has 2 aromatic carbocycles. The van der Waals surface area contributed by atoms with Crippen LogP contribution in [0.3, 0.4) is 0 Å². The maximum Gasteiger partial charge on any atom is 0.255 e. The lowest BCUT2D eigenvalue weighted by Gasteiger charge is -2.11. The Morgan fingerprint density at radius 2 is 1.41 bits per heavy atom. The van der Waals surface area contributed by atoms with E-state index in [1.54, 1.807) is 48.5 Å². The minimum Gasteiger partial charge on any atom is -0.351 e. The van der Waals surface area contributed by atoms with Gasteiger partial charge in [0.05, 0.1) is 0 Å². The summed E-state index contributed by atoms with van der Waals surface area (Å²) in [6.45, 7) is 2.70. The highest BCUT2D eigenvalue weighted by Gasteiger charge is 2.11. The molecule has 0 radical (unpaired) electrons. The van der Waals surface area contributed by atoms with Crippen molar-refractivity contribution < 1.29 is 14.4 Å². The molecule has 0 fully saturated rings. The molecule has 0 heterocycles. The van der Waals surface area contributed by atoms with Crippen molar-refractivity contribution in [3.05, 3.63) is 59.7 Å². The van der Waals surface area contributed by atoms with Gasteiger partial charge in [-0.3, -0.25) is 14.4 Å². The Morgan fingerprint density at radius 1 is 0.852 bits per heavy atom. The van der Waals surface area contributed by atoms with Gasteiger partial charge in [0, 0.05) is 42.5 Å². The van der Waals surface area contributed by atoms with Gasteiger partial charge in [-0.05, 0) is 56.6 Å². The average molecular weight is 368 g/mol. The Bertz CT molecular complexity index is 816. The van der Waals surface area contributed by atoms with Gasteiger partial charge in [0.15, 0.2) is 0 Å². The number of nitrogens with zero attached hydrogens (tertiary/aromatic N) is 1. The van der Waals surface area contributed by atoms with Gasteiger partial charge in [0.25, 0.3) is 11.8 Å². The van der Waals surface area contributed by atoms with Crippen LogP contribution in [-0.4, -0.2) is 49.8 Å². The molecule has 0 aromatic heterocycles. The zero-order valence-electron chi connectivity index (χ0n) is 15.7. The lowest BCUT2D eigenvalue weighted by molar-refractivity contribution is -0.114. The summed E-state index contributed by atoms with van der Waals surface area (Å²) in [6, 6.07) is 13.3. The smallest absolute Gasteiger partial charge is 0.255 e. The molecular weight excluding hydrogens is 344 g/mol. The van der Waals surface area contributed by atoms with Crippen LogP contribution in [0.5, 0.6) is 0 Å². The summed E-state index contributed by atoms with van der Waals surface area (Å²) in [4.78, 5) is 37.6. The first-order chi connectivity index (χ1) is 12.8. The molecule has 0 bridgehead atoms. The molecule has 3 N–H and O–H groups in total. The van der Waals surface area contributed by atoms with Crippen LogP contribution in [0.1, 0.15) is 27.6 Å². The number of carbonyl (C=O) groups excluding carboxylic acids is 3. The van der Waals surface area contributed by atoms with Crippen molar-refractivity contribution in [3.8, 4) is 0 Å². The van der Waals surface area contributed by atoms with Gasteiger partial charge in [-0.25, -0.2) is 0 Å². The van der Waals surface area contributed by atoms with Crippen LogP contribution in [0, 0.1) is 0 Å². The Kier molecular flexibility index (Phi) is 7.08. The molecule has 0 spiro atoms. The summed E-state index contributed by atoms with van der Waals surface area (Å²) < 4.78 is 0. The van der Waals surface area contributed by atoms with E-state index < -0.39 is 0 Å². The summed E-state index contributed by atoms with van der Waals surface area (Å²) in [5.41, 5.74) is 2.07. The van der Waals surface area contributed by atoms with Gasteiger partial charge < -0.3 is 20.9 Å². The van der Waals surface area contributed by atoms with Crippen LogP contribution in [0.4, 0.5) is 11.4 Å². The Labute approximate surface area is 158 Å². The van der Waals surface area contributed by atoms with Gasteiger partial charge in [-0.2, -0.15) is 0 Å². The molecule has 0 saturated carbocycles. The van der Waals surface area contributed by atoms with Crippen LogP contribution in [0.25, 0.3) is 0 Å². The molecule has 0 aliphatic heterocycles. The van der Waals surface area contributed by atoms with Gasteiger partial charge in [0.1, 0.15) is 0 Å². The monoisotopic (exact) mass is 368 g/mol. The van der Waals surface area contributed by atoms with Crippen LogP contribution in [0.2, 0.25) is 0 Å². The Hall–Kier alpha value is -3.19. The van der Waals surface area contributed by atoms with Crippen molar-refractivity contribution in [2.45, 2.75) is 6.92 Å². The van der Waals surface area contributed by atoms with Crippen molar-refractivity contribution in [3.63, 3.8) is 0 Å². The Morgan fingerprint density at radius 3 is 1.96 bits per heavy atom. The second kappa shape index (κ2) is 9.49. The number of likely N-dealkylation sites (N-methyl/N-ethyl adjacent to an activating group) is 1. The lowest BCUT2D eigenvalue weighted by atomic mass is 10.1. The topological polar surface area (TPSA) is 90.5 Å². The lowest BCUT2D eigenvalue weighted by Crippen LogP contribution is -2.31. The fourth-order valence-corrected chi connectivity index (χ4v) is 2.34. The van der Waals surface area contributed by atoms with Gasteiger partial charge in [-0.15, -0.1) is 0 Å². The van der Waals surface area contributed by atoms with Gasteiger partial charge >= 0.3 is 0 Å². The molecular formula is C20H24N4O3. The molecule has 142 valence electrons. The van der Waals surface area contributed by atoms with Crippen molar-refractivity contribution in [2.75, 3.05) is 37.8 Å². The summed E-state index contributed by atoms with van der Waals surface area (Å²) in [6.07, 6.45) is 0. The molecule has 2 rings (SSSR count). The molecule has 0 atom stereocenters. The van der Waals surface area contributed by atoms with Gasteiger partial charge in [0.2, 0.25) is 5.91 Å². The van der Waals surface area contributed by atoms with Crippen molar-refractivity contribution in [1.29, 1.82) is 0 Å². The van der Waals surface area contributed by atoms with E-state index in [4.69, 9.17) is 0 Å². The predicted octanol–water partition coefficient (Wildman–Crippen LogP) is 2.19. The maximum atomic E-state index is 12.4. The molecule has 0 aliphatic carbocycles. The molecule has 7 heteroatoms. The molecule has 0 saturated heterocycles. The fourth-order valence-electron chi connectivity index (χ4n) is 2.34. The predicted molar refractivity (Wildman–Crippen MR) is 106 cm³/mol. The third-order valence-corrected chi connectivity index (χ3v) is 3.69. The first-order valence-corrected chi connectivity index (χ1v) is 8.57. The highest BCUT2D eigenvalue weighted by atomic mass is 16.2. The van der Waals surface area contributed by atoms with Crippen molar-refractivity contribution >= 4 is 29.1 Å². The molecule has 0 unspecified atom stereocenters. The highest BCUT2D eigenvalue weighted by molar-refractivity contribution is 6.06. The number of hydrogen-bond donors (Lipinski definition) is 3. The minimum absolute atomic E-state index is 0.160. The third-order valence-electron chi connectivity index (χ3n) is 3.69. The van der Waals surface area contributed by atoms with Crippen LogP contribution >= 0.6 is 0 Å². The number of hydrogen-bond acceptors (Lipinski definition) is 4. The van der Waals surface area contributed by atoms with E-state index in [0.29, 0.717) is 29.0 Å². The van der Waals surface area contributed by atoms with Crippen LogP contribution in [0.15, 0.2) is 48.5 Å². The summed E-state index contributed by atoms with van der Waals surface area (Å²) in [7, 11) is 3.86. The summed E-state index contributed by atoms with van der Waals surface area (Å²) in [5.74, 6) is -0.691. The number of carbonyl (C=O) groups is 3. The number of anilines is 2. The van der Waals surface area contributed by atoms with Crippen molar-refractivity contribution in [1.82, 2.24) is 10.2 Å². The third kappa shape index (κ3) is 6.56. The zero-order chi connectivity index (χ0) is 19.8. The maximum absolute atomic E-state index is 12.4. The van der Waals surface area contributed by atoms with E-state index in [9.17, 15) is 14.4 Å². The van der Waals surface area contributed by atoms with E-state index in [0.717, 1.165) is 6.54 Å². The molecule has 2 aromatic rings. The minimum atomic E-state index is -0.315. The van der Waals surface area contributed by atoms with E-state index in [-0.39, 0.29) is 17.7 Å². The summed E-state index contributed by atoms with van der Waals surface area (Å²) >= 11 is 0. The van der Waals surface area contributed by atoms with E-state index in [1.165, 1.54) is 6.92 Å². The van der Waals surface area contributed by atoms with Crippen LogP contribution < -0.4 is 16.0 Å². The van der Waals surface area contributed by atoms with E-state index in [2.05, 4.69) is 16.0 Å². The largest absolute Gasteiger partial charge is 0.351 e. The molecule has 3 amide bonds. The SMILES string of the molecule is CC(=O)Nc1ccc(NC(=O)c2cccc(C(=O)NCCN(C)C)c2)cc1. The molecule has 0 aliphatic rings. The number of rotatable bonds is 7. The molecule has 27 heavy (non-hydrogen) atoms. The van der Waals surface area contributed by atoms with Crippen LogP contribution in [-0.2, 0) is 4.79 Å². The Balaban J connectivity index is 2.00. The van der Waals surface area contributed by atoms with Crippen molar-refractivity contribution in [2.24, 2.45) is 0 Å². The molecule has 7 nitrogen and oxygen atoms in total. The number of benzene rings is 2. The first-order valence-electron chi connectivity index (χ1n) is 8.57. The summed E-state index contributed by atoms with van der Waals surface area (Å²) in [5, 5.41) is 8.26. The zero-order valence-corrected chi connectivity index (χ0v) is 15.7. The second-order valence-corrected chi connectivity index (χ2v) is 6.35. The average Bonchev–Trinajstić information content (AvgIpc) is 2.62. The number of amides is 3. The standard InChI is InChI=1S/C20H24N4O3/c1-14(25)22-17-7-9-18(10-8-17)23-20(27)16-6-4-5-15(13-16)19(26)21-11-12-24(2)3/h4-10,13H,11-12H2,1-3H3,(H,21,26)(H,22,25)(H,23,27). The normalized spacial score (nSPS) is 10.4. The first kappa shape index (κ1) is 20.1. The number of nitrogens with one attached hydrogen (secondary N) is 3. The van der Waals surface area contributed by atoms with E-state index >= 15 is 0 Å². The fraction of sp³-hybridized carbons (Fsp3) is 0.250. The quantitative estimate of drug-likeness (QED) is 0.699. The highest BCUT2D eigenvalue weighted by Crippen LogP contribution is 2.15.